The summed E-state index contributed by atoms with van der Waals surface area (Å²) < 4.78 is 10.1. The lowest BCUT2D eigenvalue weighted by molar-refractivity contribution is -0.154. The minimum Gasteiger partial charge on any atom is -0.497 e. The Morgan fingerprint density at radius 1 is 1.26 bits per heavy atom. The molecule has 0 spiro atoms. The SMILES string of the molecule is COc1ccc(NC(=O)[C@@H](C)OC(=O)C2CC2)cc1. The van der Waals surface area contributed by atoms with Crippen LogP contribution in [0.15, 0.2) is 24.3 Å². The first-order valence-corrected chi connectivity index (χ1v) is 6.25. The molecule has 0 bridgehead atoms. The Morgan fingerprint density at radius 2 is 1.89 bits per heavy atom. The third-order valence-corrected chi connectivity index (χ3v) is 2.93. The number of esters is 1. The van der Waals surface area contributed by atoms with Crippen molar-refractivity contribution in [2.24, 2.45) is 5.92 Å². The molecule has 0 unspecified atom stereocenters. The summed E-state index contributed by atoms with van der Waals surface area (Å²) in [5, 5.41) is 2.69. The van der Waals surface area contributed by atoms with Crippen molar-refractivity contribution in [1.29, 1.82) is 0 Å². The van der Waals surface area contributed by atoms with Crippen LogP contribution in [-0.4, -0.2) is 25.1 Å². The van der Waals surface area contributed by atoms with Crippen LogP contribution in [0.2, 0.25) is 0 Å². The Labute approximate surface area is 111 Å². The van der Waals surface area contributed by atoms with E-state index in [1.54, 1.807) is 38.3 Å². The van der Waals surface area contributed by atoms with Crippen LogP contribution in [0.4, 0.5) is 5.69 Å². The molecule has 0 aliphatic heterocycles. The van der Waals surface area contributed by atoms with Gasteiger partial charge in [-0.3, -0.25) is 9.59 Å². The van der Waals surface area contributed by atoms with E-state index >= 15 is 0 Å². The van der Waals surface area contributed by atoms with Crippen molar-refractivity contribution in [3.63, 3.8) is 0 Å². The zero-order chi connectivity index (χ0) is 13.8. The van der Waals surface area contributed by atoms with E-state index in [-0.39, 0.29) is 17.8 Å². The van der Waals surface area contributed by atoms with Gasteiger partial charge in [0.05, 0.1) is 13.0 Å². The average Bonchev–Trinajstić information content (AvgIpc) is 3.23. The fraction of sp³-hybridized carbons (Fsp3) is 0.429. The van der Waals surface area contributed by atoms with Crippen molar-refractivity contribution in [2.45, 2.75) is 25.9 Å². The number of hydrogen-bond donors (Lipinski definition) is 1. The highest BCUT2D eigenvalue weighted by Gasteiger charge is 2.33. The summed E-state index contributed by atoms with van der Waals surface area (Å²) >= 11 is 0. The summed E-state index contributed by atoms with van der Waals surface area (Å²) in [7, 11) is 1.58. The molecule has 1 fully saturated rings. The maximum absolute atomic E-state index is 11.8. The highest BCUT2D eigenvalue weighted by molar-refractivity contribution is 5.95. The average molecular weight is 263 g/mol. The zero-order valence-corrected chi connectivity index (χ0v) is 11.0. The molecule has 102 valence electrons. The maximum Gasteiger partial charge on any atom is 0.309 e. The van der Waals surface area contributed by atoms with Gasteiger partial charge in [0.15, 0.2) is 6.10 Å². The Balaban J connectivity index is 1.86. The highest BCUT2D eigenvalue weighted by atomic mass is 16.5. The summed E-state index contributed by atoms with van der Waals surface area (Å²) in [6.07, 6.45) is 0.951. The van der Waals surface area contributed by atoms with Gasteiger partial charge in [0.2, 0.25) is 0 Å². The van der Waals surface area contributed by atoms with Gasteiger partial charge < -0.3 is 14.8 Å². The molecule has 1 amide bonds. The fourth-order valence-electron chi connectivity index (χ4n) is 1.56. The maximum atomic E-state index is 11.8. The van der Waals surface area contributed by atoms with Crippen LogP contribution in [0.25, 0.3) is 0 Å². The lowest BCUT2D eigenvalue weighted by Gasteiger charge is -2.13. The van der Waals surface area contributed by atoms with Crippen molar-refractivity contribution < 1.29 is 19.1 Å². The van der Waals surface area contributed by atoms with Crippen LogP contribution >= 0.6 is 0 Å². The van der Waals surface area contributed by atoms with Crippen molar-refractivity contribution >= 4 is 17.6 Å². The summed E-state index contributed by atoms with van der Waals surface area (Å²) in [4.78, 5) is 23.3. The van der Waals surface area contributed by atoms with E-state index in [2.05, 4.69) is 5.32 Å². The number of benzene rings is 1. The molecule has 1 aliphatic carbocycles. The monoisotopic (exact) mass is 263 g/mol. The zero-order valence-electron chi connectivity index (χ0n) is 11.0. The number of anilines is 1. The molecule has 5 heteroatoms. The quantitative estimate of drug-likeness (QED) is 0.825. The number of ether oxygens (including phenoxy) is 2. The first-order valence-electron chi connectivity index (χ1n) is 6.25. The van der Waals surface area contributed by atoms with E-state index in [9.17, 15) is 9.59 Å². The lowest BCUT2D eigenvalue weighted by atomic mass is 10.3. The molecule has 1 saturated carbocycles. The van der Waals surface area contributed by atoms with Gasteiger partial charge in [-0.15, -0.1) is 0 Å². The number of methoxy groups -OCH3 is 1. The molecule has 5 nitrogen and oxygen atoms in total. The van der Waals surface area contributed by atoms with E-state index in [1.807, 2.05) is 0 Å². The predicted molar refractivity (Wildman–Crippen MR) is 69.9 cm³/mol. The van der Waals surface area contributed by atoms with E-state index in [1.165, 1.54) is 0 Å². The Hall–Kier alpha value is -2.04. The summed E-state index contributed by atoms with van der Waals surface area (Å²) in [6, 6.07) is 6.95. The summed E-state index contributed by atoms with van der Waals surface area (Å²) in [5.74, 6) is 0.0963. The molecule has 1 atom stereocenters. The molecule has 1 aromatic carbocycles. The number of nitrogens with one attached hydrogen (secondary N) is 1. The predicted octanol–water partition coefficient (Wildman–Crippen LogP) is 1.98. The normalized spacial score (nSPS) is 15.5. The van der Waals surface area contributed by atoms with Crippen LogP contribution in [0.5, 0.6) is 5.75 Å². The first kappa shape index (κ1) is 13.4. The molecule has 1 aromatic rings. The van der Waals surface area contributed by atoms with Crippen molar-refractivity contribution in [3.05, 3.63) is 24.3 Å². The van der Waals surface area contributed by atoms with Crippen LogP contribution < -0.4 is 10.1 Å². The topological polar surface area (TPSA) is 64.6 Å². The first-order chi connectivity index (χ1) is 9.10. The molecule has 19 heavy (non-hydrogen) atoms. The van der Waals surface area contributed by atoms with E-state index < -0.39 is 6.10 Å². The Bertz CT molecular complexity index is 465. The fourth-order valence-corrected chi connectivity index (χ4v) is 1.56. The van der Waals surface area contributed by atoms with Gasteiger partial charge in [-0.25, -0.2) is 0 Å². The molecule has 0 heterocycles. The molecular formula is C14H17NO4. The minimum atomic E-state index is -0.782. The largest absolute Gasteiger partial charge is 0.497 e. The second-order valence-corrected chi connectivity index (χ2v) is 4.57. The van der Waals surface area contributed by atoms with Gasteiger partial charge in [-0.2, -0.15) is 0 Å². The van der Waals surface area contributed by atoms with Gasteiger partial charge in [0.1, 0.15) is 5.75 Å². The third-order valence-electron chi connectivity index (χ3n) is 2.93. The molecule has 0 saturated heterocycles. The summed E-state index contributed by atoms with van der Waals surface area (Å²) in [5.41, 5.74) is 0.639. The van der Waals surface area contributed by atoms with Gasteiger partial charge in [-0.1, -0.05) is 0 Å². The lowest BCUT2D eigenvalue weighted by Crippen LogP contribution is -2.30. The van der Waals surface area contributed by atoms with Crippen LogP contribution in [0.3, 0.4) is 0 Å². The molecule has 0 radical (unpaired) electrons. The minimum absolute atomic E-state index is 0.00348. The molecule has 0 aromatic heterocycles. The van der Waals surface area contributed by atoms with Gasteiger partial charge in [0.25, 0.3) is 5.91 Å². The van der Waals surface area contributed by atoms with Crippen LogP contribution in [0, 0.1) is 5.92 Å². The number of amides is 1. The van der Waals surface area contributed by atoms with E-state index in [0.29, 0.717) is 11.4 Å². The second kappa shape index (κ2) is 5.73. The second-order valence-electron chi connectivity index (χ2n) is 4.57. The molecular weight excluding hydrogens is 246 g/mol. The summed E-state index contributed by atoms with van der Waals surface area (Å²) in [6.45, 7) is 1.57. The van der Waals surface area contributed by atoms with Crippen LogP contribution in [-0.2, 0) is 14.3 Å². The molecule has 1 N–H and O–H groups in total. The highest BCUT2D eigenvalue weighted by Crippen LogP contribution is 2.30. The van der Waals surface area contributed by atoms with E-state index in [4.69, 9.17) is 9.47 Å². The number of carbonyl (C=O) groups is 2. The Kier molecular flexibility index (Phi) is 4.04. The van der Waals surface area contributed by atoms with Gasteiger partial charge >= 0.3 is 5.97 Å². The van der Waals surface area contributed by atoms with Crippen molar-refractivity contribution in [1.82, 2.24) is 0 Å². The van der Waals surface area contributed by atoms with Crippen molar-refractivity contribution in [2.75, 3.05) is 12.4 Å². The smallest absolute Gasteiger partial charge is 0.309 e. The van der Waals surface area contributed by atoms with E-state index in [0.717, 1.165) is 12.8 Å². The third kappa shape index (κ3) is 3.71. The molecule has 1 aliphatic rings. The number of carbonyl (C=O) groups excluding carboxylic acids is 2. The Morgan fingerprint density at radius 3 is 2.42 bits per heavy atom. The number of hydrogen-bond acceptors (Lipinski definition) is 4. The molecule has 2 rings (SSSR count). The van der Waals surface area contributed by atoms with Crippen molar-refractivity contribution in [3.8, 4) is 5.75 Å². The standard InChI is InChI=1S/C14H17NO4/c1-9(19-14(17)10-3-4-10)13(16)15-11-5-7-12(18-2)8-6-11/h5-10H,3-4H2,1-2H3,(H,15,16)/t9-/m1/s1. The van der Waals surface area contributed by atoms with Gasteiger partial charge in [0, 0.05) is 5.69 Å². The number of rotatable bonds is 5. The van der Waals surface area contributed by atoms with Gasteiger partial charge in [-0.05, 0) is 44.0 Å². The van der Waals surface area contributed by atoms with Crippen LogP contribution in [0.1, 0.15) is 19.8 Å².